The summed E-state index contributed by atoms with van der Waals surface area (Å²) in [5, 5.41) is 12.1. The van der Waals surface area contributed by atoms with E-state index in [2.05, 4.69) is 5.32 Å². The summed E-state index contributed by atoms with van der Waals surface area (Å²) in [6, 6.07) is 7.15. The summed E-state index contributed by atoms with van der Waals surface area (Å²) in [6.45, 7) is 1.78. The summed E-state index contributed by atoms with van der Waals surface area (Å²) in [6.07, 6.45) is 0. The predicted octanol–water partition coefficient (Wildman–Crippen LogP) is 5.20. The molecule has 2 nitrogen and oxygen atoms in total. The number of rotatable bonds is 2. The number of benzene rings is 2. The topological polar surface area (TPSA) is 35.8 Å². The Morgan fingerprint density at radius 1 is 1.05 bits per heavy atom. The highest BCUT2D eigenvalue weighted by Gasteiger charge is 2.14. The van der Waals surface area contributed by atoms with Crippen molar-refractivity contribution in [1.82, 2.24) is 0 Å². The molecule has 0 aromatic heterocycles. The first-order valence-electron chi connectivity index (χ1n) is 5.54. The van der Waals surface area contributed by atoms with Crippen molar-refractivity contribution in [3.63, 3.8) is 0 Å². The average molecular weight is 313 g/mol. The molecule has 0 aliphatic heterocycles. The smallest absolute Gasteiger partial charge is 0.183 e. The van der Waals surface area contributed by atoms with E-state index in [0.717, 1.165) is 5.56 Å². The maximum Gasteiger partial charge on any atom is 0.183 e. The largest absolute Gasteiger partial charge is 0.352 e. The maximum atomic E-state index is 13.8. The second-order valence-corrected chi connectivity index (χ2v) is 4.92. The third-order valence-electron chi connectivity index (χ3n) is 2.72. The van der Waals surface area contributed by atoms with E-state index in [1.165, 1.54) is 18.2 Å². The van der Waals surface area contributed by atoms with Gasteiger partial charge in [-0.05, 0) is 36.8 Å². The van der Waals surface area contributed by atoms with Crippen molar-refractivity contribution < 1.29 is 8.78 Å². The fraction of sp³-hybridized carbons (Fsp3) is 0.0714. The molecule has 0 heterocycles. The molecule has 2 aromatic carbocycles. The molecule has 0 bridgehead atoms. The van der Waals surface area contributed by atoms with Gasteiger partial charge in [-0.25, -0.2) is 8.78 Å². The van der Waals surface area contributed by atoms with Crippen molar-refractivity contribution in [1.29, 1.82) is 5.26 Å². The van der Waals surface area contributed by atoms with Crippen LogP contribution in [0.25, 0.3) is 0 Å². The zero-order valence-electron chi connectivity index (χ0n) is 10.3. The van der Waals surface area contributed by atoms with Crippen LogP contribution in [0, 0.1) is 29.9 Å². The van der Waals surface area contributed by atoms with Crippen molar-refractivity contribution in [3.8, 4) is 6.07 Å². The van der Waals surface area contributed by atoms with Gasteiger partial charge in [-0.2, -0.15) is 5.26 Å². The third-order valence-corrected chi connectivity index (χ3v) is 3.44. The third kappa shape index (κ3) is 2.69. The van der Waals surface area contributed by atoms with Gasteiger partial charge in [0.1, 0.15) is 6.07 Å². The Morgan fingerprint density at radius 3 is 2.40 bits per heavy atom. The molecule has 1 N–H and O–H groups in total. The first-order valence-corrected chi connectivity index (χ1v) is 6.30. The summed E-state index contributed by atoms with van der Waals surface area (Å²) in [4.78, 5) is 0. The normalized spacial score (nSPS) is 10.2. The van der Waals surface area contributed by atoms with E-state index in [0.29, 0.717) is 15.7 Å². The molecule has 0 aliphatic carbocycles. The van der Waals surface area contributed by atoms with Crippen molar-refractivity contribution in [2.75, 3.05) is 5.32 Å². The minimum absolute atomic E-state index is 0.122. The number of anilines is 2. The second-order valence-electron chi connectivity index (χ2n) is 4.11. The van der Waals surface area contributed by atoms with Crippen LogP contribution in [-0.4, -0.2) is 0 Å². The van der Waals surface area contributed by atoms with Gasteiger partial charge in [0, 0.05) is 5.02 Å². The molecule has 0 radical (unpaired) electrons. The first-order chi connectivity index (χ1) is 9.43. The predicted molar refractivity (Wildman–Crippen MR) is 75.6 cm³/mol. The Bertz CT molecular complexity index is 724. The summed E-state index contributed by atoms with van der Waals surface area (Å²) >= 11 is 12.0. The fourth-order valence-electron chi connectivity index (χ4n) is 1.62. The first kappa shape index (κ1) is 14.6. The molecule has 102 valence electrons. The van der Waals surface area contributed by atoms with E-state index in [-0.39, 0.29) is 11.3 Å². The van der Waals surface area contributed by atoms with Gasteiger partial charge in [-0.15, -0.1) is 0 Å². The number of hydrogen-bond donors (Lipinski definition) is 1. The number of aryl methyl sites for hydroxylation is 1. The molecule has 0 unspecified atom stereocenters. The van der Waals surface area contributed by atoms with Crippen molar-refractivity contribution in [2.45, 2.75) is 6.92 Å². The Balaban J connectivity index is 2.44. The SMILES string of the molecule is Cc1cc(Cl)c(Nc2ccc(C#N)c(F)c2F)cc1Cl. The molecule has 0 amide bonds. The molecule has 20 heavy (non-hydrogen) atoms. The van der Waals surface area contributed by atoms with E-state index >= 15 is 0 Å². The minimum atomic E-state index is -1.20. The Labute approximate surface area is 124 Å². The molecule has 2 aromatic rings. The Hall–Kier alpha value is -1.83. The fourth-order valence-corrected chi connectivity index (χ4v) is 2.05. The minimum Gasteiger partial charge on any atom is -0.352 e. The van der Waals surface area contributed by atoms with Crippen molar-refractivity contribution in [2.24, 2.45) is 0 Å². The van der Waals surface area contributed by atoms with Crippen LogP contribution in [0.15, 0.2) is 24.3 Å². The standard InChI is InChI=1S/C14H8Cl2F2N2/c1-7-4-10(16)12(5-9(7)15)20-11-3-2-8(6-19)13(17)14(11)18/h2-5,20H,1H3. The van der Waals surface area contributed by atoms with Gasteiger partial charge in [0.15, 0.2) is 11.6 Å². The van der Waals surface area contributed by atoms with Crippen LogP contribution in [0.2, 0.25) is 10.0 Å². The van der Waals surface area contributed by atoms with Crippen LogP contribution in [0.5, 0.6) is 0 Å². The lowest BCUT2D eigenvalue weighted by molar-refractivity contribution is 0.509. The number of nitriles is 1. The van der Waals surface area contributed by atoms with Crippen LogP contribution < -0.4 is 5.32 Å². The monoisotopic (exact) mass is 312 g/mol. The van der Waals surface area contributed by atoms with Gasteiger partial charge in [0.25, 0.3) is 0 Å². The number of hydrogen-bond acceptors (Lipinski definition) is 2. The maximum absolute atomic E-state index is 13.8. The van der Waals surface area contributed by atoms with Gasteiger partial charge in [0.2, 0.25) is 0 Å². The van der Waals surface area contributed by atoms with Gasteiger partial charge in [-0.3, -0.25) is 0 Å². The van der Waals surface area contributed by atoms with Crippen LogP contribution in [0.3, 0.4) is 0 Å². The average Bonchev–Trinajstić information content (AvgIpc) is 2.41. The zero-order chi connectivity index (χ0) is 14.9. The van der Waals surface area contributed by atoms with E-state index < -0.39 is 11.6 Å². The summed E-state index contributed by atoms with van der Waals surface area (Å²) in [7, 11) is 0. The quantitative estimate of drug-likeness (QED) is 0.827. The van der Waals surface area contributed by atoms with Crippen molar-refractivity contribution >= 4 is 34.6 Å². The molecular weight excluding hydrogens is 305 g/mol. The molecular formula is C14H8Cl2F2N2. The summed E-state index contributed by atoms with van der Waals surface area (Å²) in [5.41, 5.74) is 0.642. The lowest BCUT2D eigenvalue weighted by atomic mass is 10.1. The Morgan fingerprint density at radius 2 is 1.75 bits per heavy atom. The summed E-state index contributed by atoms with van der Waals surface area (Å²) < 4.78 is 27.3. The van der Waals surface area contributed by atoms with Gasteiger partial charge >= 0.3 is 0 Å². The van der Waals surface area contributed by atoms with Crippen LogP contribution in [-0.2, 0) is 0 Å². The van der Waals surface area contributed by atoms with E-state index in [1.54, 1.807) is 19.1 Å². The molecule has 0 aliphatic rings. The highest BCUT2D eigenvalue weighted by atomic mass is 35.5. The number of nitrogens with zero attached hydrogens (tertiary/aromatic N) is 1. The van der Waals surface area contributed by atoms with Gasteiger partial charge < -0.3 is 5.32 Å². The van der Waals surface area contributed by atoms with E-state index in [1.807, 2.05) is 0 Å². The van der Waals surface area contributed by atoms with Gasteiger partial charge in [-0.1, -0.05) is 23.2 Å². The van der Waals surface area contributed by atoms with Crippen LogP contribution in [0.4, 0.5) is 20.2 Å². The highest BCUT2D eigenvalue weighted by molar-refractivity contribution is 6.35. The number of halogens is 4. The Kier molecular flexibility index (Phi) is 4.12. The highest BCUT2D eigenvalue weighted by Crippen LogP contribution is 2.32. The molecule has 0 fully saturated rings. The van der Waals surface area contributed by atoms with Crippen molar-refractivity contribution in [3.05, 3.63) is 57.1 Å². The molecule has 2 rings (SSSR count). The van der Waals surface area contributed by atoms with Crippen LogP contribution >= 0.6 is 23.2 Å². The zero-order valence-corrected chi connectivity index (χ0v) is 11.8. The van der Waals surface area contributed by atoms with Gasteiger partial charge in [0.05, 0.1) is 22.0 Å². The lowest BCUT2D eigenvalue weighted by Gasteiger charge is -2.11. The molecule has 0 atom stereocenters. The lowest BCUT2D eigenvalue weighted by Crippen LogP contribution is -1.99. The molecule has 0 saturated carbocycles. The van der Waals surface area contributed by atoms with E-state index in [9.17, 15) is 8.78 Å². The number of nitrogens with one attached hydrogen (secondary N) is 1. The second kappa shape index (κ2) is 5.66. The van der Waals surface area contributed by atoms with E-state index in [4.69, 9.17) is 28.5 Å². The summed E-state index contributed by atoms with van der Waals surface area (Å²) in [5.74, 6) is -2.34. The molecule has 6 heteroatoms. The molecule has 0 spiro atoms. The van der Waals surface area contributed by atoms with Crippen LogP contribution in [0.1, 0.15) is 11.1 Å². The molecule has 0 saturated heterocycles.